The maximum Gasteiger partial charge on any atom is 0.153 e. The molecule has 4 atom stereocenters. The number of nitrogens with one attached hydrogen (secondary N) is 1. The van der Waals surface area contributed by atoms with E-state index in [0.29, 0.717) is 18.1 Å². The summed E-state index contributed by atoms with van der Waals surface area (Å²) in [5, 5.41) is 3.55. The minimum absolute atomic E-state index is 0.0733. The molecule has 0 aliphatic carbocycles. The monoisotopic (exact) mass is 484 g/mol. The Balaban J connectivity index is 1.28. The number of rotatable bonds is 6. The van der Waals surface area contributed by atoms with Crippen molar-refractivity contribution in [2.45, 2.75) is 51.5 Å². The third-order valence-electron chi connectivity index (χ3n) is 6.60. The summed E-state index contributed by atoms with van der Waals surface area (Å²) >= 11 is 0. The molecular formula is C28H32N6O2. The summed E-state index contributed by atoms with van der Waals surface area (Å²) in [5.41, 5.74) is 24.2. The summed E-state index contributed by atoms with van der Waals surface area (Å²) < 4.78 is 11.6. The van der Waals surface area contributed by atoms with Gasteiger partial charge in [0.05, 0.1) is 0 Å². The second-order valence-electron chi connectivity index (χ2n) is 9.42. The van der Waals surface area contributed by atoms with E-state index in [-0.39, 0.29) is 24.3 Å². The molecule has 0 amide bonds. The Kier molecular flexibility index (Phi) is 6.28. The lowest BCUT2D eigenvalue weighted by molar-refractivity contribution is 0.281. The summed E-state index contributed by atoms with van der Waals surface area (Å²) in [6.45, 7) is 5.90. The normalized spacial score (nSPS) is 20.0. The fourth-order valence-corrected chi connectivity index (χ4v) is 4.40. The van der Waals surface area contributed by atoms with Crippen molar-refractivity contribution in [2.75, 3.05) is 5.32 Å². The van der Waals surface area contributed by atoms with Gasteiger partial charge >= 0.3 is 0 Å². The maximum atomic E-state index is 6.59. The van der Waals surface area contributed by atoms with E-state index in [2.05, 4.69) is 46.5 Å². The van der Waals surface area contributed by atoms with E-state index < -0.39 is 0 Å². The van der Waals surface area contributed by atoms with Crippen LogP contribution in [-0.4, -0.2) is 23.9 Å². The van der Waals surface area contributed by atoms with Crippen LogP contribution in [-0.2, 0) is 6.42 Å². The minimum Gasteiger partial charge on any atom is -0.481 e. The fraction of sp³-hybridized carbons (Fsp3) is 0.286. The van der Waals surface area contributed by atoms with Crippen LogP contribution < -0.4 is 32.0 Å². The zero-order valence-corrected chi connectivity index (χ0v) is 20.7. The van der Waals surface area contributed by atoms with Gasteiger partial charge in [-0.25, -0.2) is 9.98 Å². The number of hydrogen-bond acceptors (Lipinski definition) is 8. The molecule has 8 heteroatoms. The molecule has 5 rings (SSSR count). The Morgan fingerprint density at radius 2 is 1.47 bits per heavy atom. The van der Waals surface area contributed by atoms with E-state index in [1.807, 2.05) is 50.2 Å². The maximum absolute atomic E-state index is 6.59. The zero-order chi connectivity index (χ0) is 25.4. The number of nitrogens with two attached hydrogens (primary N) is 3. The summed E-state index contributed by atoms with van der Waals surface area (Å²) in [6, 6.07) is 20.1. The smallest absolute Gasteiger partial charge is 0.153 e. The van der Waals surface area contributed by atoms with Gasteiger partial charge in [-0.2, -0.15) is 0 Å². The van der Waals surface area contributed by atoms with Crippen molar-refractivity contribution in [3.05, 3.63) is 77.4 Å². The molecule has 0 aromatic heterocycles. The van der Waals surface area contributed by atoms with E-state index >= 15 is 0 Å². The van der Waals surface area contributed by atoms with Crippen LogP contribution in [0.4, 0.5) is 17.1 Å². The van der Waals surface area contributed by atoms with Gasteiger partial charge in [0.1, 0.15) is 34.5 Å². The number of ether oxygens (including phenoxy) is 2. The predicted molar refractivity (Wildman–Crippen MR) is 145 cm³/mol. The van der Waals surface area contributed by atoms with Gasteiger partial charge in [-0.15, -0.1) is 0 Å². The quantitative estimate of drug-likeness (QED) is 0.403. The number of amidine groups is 2. The van der Waals surface area contributed by atoms with Crippen LogP contribution in [0.25, 0.3) is 0 Å². The van der Waals surface area contributed by atoms with Crippen molar-refractivity contribution in [1.82, 2.24) is 0 Å². The van der Waals surface area contributed by atoms with Crippen LogP contribution in [0.15, 0.2) is 70.6 Å². The summed E-state index contributed by atoms with van der Waals surface area (Å²) in [6.07, 6.45) is 0.256. The fourth-order valence-electron chi connectivity index (χ4n) is 4.40. The molecule has 4 unspecified atom stereocenters. The molecule has 0 spiro atoms. The number of benzene rings is 3. The second kappa shape index (κ2) is 9.54. The zero-order valence-electron chi connectivity index (χ0n) is 20.7. The molecule has 7 N–H and O–H groups in total. The van der Waals surface area contributed by atoms with Crippen molar-refractivity contribution in [3.8, 4) is 11.5 Å². The van der Waals surface area contributed by atoms with Crippen LogP contribution in [0.1, 0.15) is 49.5 Å². The lowest BCUT2D eigenvalue weighted by Crippen LogP contribution is -2.33. The van der Waals surface area contributed by atoms with Gasteiger partial charge in [-0.3, -0.25) is 0 Å². The molecule has 2 heterocycles. The van der Waals surface area contributed by atoms with E-state index in [1.54, 1.807) is 0 Å². The van der Waals surface area contributed by atoms with Crippen LogP contribution in [0.2, 0.25) is 0 Å². The molecule has 186 valence electrons. The number of anilines is 1. The van der Waals surface area contributed by atoms with Gasteiger partial charge in [-0.05, 0) is 74.2 Å². The third-order valence-corrected chi connectivity index (χ3v) is 6.60. The highest BCUT2D eigenvalue weighted by molar-refractivity contribution is 5.90. The van der Waals surface area contributed by atoms with Crippen molar-refractivity contribution >= 4 is 28.7 Å². The van der Waals surface area contributed by atoms with Gasteiger partial charge in [-0.1, -0.05) is 30.3 Å². The van der Waals surface area contributed by atoms with Gasteiger partial charge in [0.15, 0.2) is 12.2 Å². The molecule has 0 saturated heterocycles. The highest BCUT2D eigenvalue weighted by Crippen LogP contribution is 2.36. The van der Waals surface area contributed by atoms with E-state index in [4.69, 9.17) is 26.7 Å². The molecule has 8 nitrogen and oxygen atoms in total. The van der Waals surface area contributed by atoms with Crippen LogP contribution in [0.3, 0.4) is 0 Å². The summed E-state index contributed by atoms with van der Waals surface area (Å²) in [4.78, 5) is 8.94. The molecule has 2 aliphatic heterocycles. The number of hydrogen-bond donors (Lipinski definition) is 4. The van der Waals surface area contributed by atoms with Gasteiger partial charge in [0, 0.05) is 17.8 Å². The summed E-state index contributed by atoms with van der Waals surface area (Å²) in [5.74, 6) is 2.42. The first kappa shape index (κ1) is 23.7. The van der Waals surface area contributed by atoms with Gasteiger partial charge in [0.2, 0.25) is 0 Å². The molecule has 0 bridgehead atoms. The number of fused-ring (bicyclic) bond motifs is 2. The molecule has 0 radical (unpaired) electrons. The summed E-state index contributed by atoms with van der Waals surface area (Å²) in [7, 11) is 0. The lowest BCUT2D eigenvalue weighted by Gasteiger charge is -2.23. The third kappa shape index (κ3) is 4.85. The van der Waals surface area contributed by atoms with Gasteiger partial charge in [0.25, 0.3) is 0 Å². The first-order valence-electron chi connectivity index (χ1n) is 12.2. The SMILES string of the molecule is CC1Oc2ccc(NC(C)c3cccc(CC(N)c4ccc5c(c4)N=C(N)C(C)O5)c3)cc2N=C1N. The Morgan fingerprint density at radius 3 is 2.17 bits per heavy atom. The average molecular weight is 485 g/mol. The Labute approximate surface area is 211 Å². The van der Waals surface area contributed by atoms with Crippen molar-refractivity contribution in [1.29, 1.82) is 0 Å². The van der Waals surface area contributed by atoms with Crippen molar-refractivity contribution < 1.29 is 9.47 Å². The van der Waals surface area contributed by atoms with Crippen LogP contribution in [0.5, 0.6) is 11.5 Å². The Bertz CT molecular complexity index is 1350. The van der Waals surface area contributed by atoms with Crippen molar-refractivity contribution in [3.63, 3.8) is 0 Å². The van der Waals surface area contributed by atoms with E-state index in [0.717, 1.165) is 45.3 Å². The van der Waals surface area contributed by atoms with Crippen LogP contribution >= 0.6 is 0 Å². The van der Waals surface area contributed by atoms with E-state index in [9.17, 15) is 0 Å². The molecule has 0 saturated carbocycles. The molecule has 36 heavy (non-hydrogen) atoms. The van der Waals surface area contributed by atoms with Crippen molar-refractivity contribution in [2.24, 2.45) is 27.2 Å². The Morgan fingerprint density at radius 1 is 0.833 bits per heavy atom. The average Bonchev–Trinajstić information content (AvgIpc) is 2.85. The van der Waals surface area contributed by atoms with Crippen LogP contribution in [0, 0.1) is 0 Å². The second-order valence-corrected chi connectivity index (χ2v) is 9.42. The predicted octanol–water partition coefficient (Wildman–Crippen LogP) is 4.64. The molecule has 2 aliphatic rings. The number of nitrogens with zero attached hydrogens (tertiary/aromatic N) is 2. The first-order chi connectivity index (χ1) is 17.3. The molecule has 0 fully saturated rings. The standard InChI is InChI=1S/C28H32N6O2/c1-15(32-21-8-10-26-24(14-21)34-28(31)17(3)36-26)19-6-4-5-18(11-19)12-22(29)20-7-9-25-23(13-20)33-27(30)16(2)35-25/h4-11,13-17,22,32H,12,29H2,1-3H3,(H2,30,33)(H2,31,34). The van der Waals surface area contributed by atoms with E-state index in [1.165, 1.54) is 0 Å². The number of aliphatic imine (C=N–C) groups is 2. The largest absolute Gasteiger partial charge is 0.481 e. The lowest BCUT2D eigenvalue weighted by atomic mass is 9.96. The first-order valence-corrected chi connectivity index (χ1v) is 12.2. The highest BCUT2D eigenvalue weighted by atomic mass is 16.5. The molecule has 3 aromatic carbocycles. The highest BCUT2D eigenvalue weighted by Gasteiger charge is 2.21. The Hall–Kier alpha value is -4.04. The molecular weight excluding hydrogens is 452 g/mol. The van der Waals surface area contributed by atoms with Gasteiger partial charge < -0.3 is 32.0 Å². The molecule has 3 aromatic rings. The minimum atomic E-state index is -0.223. The topological polar surface area (TPSA) is 133 Å².